The molecule has 390 valence electrons. The van der Waals surface area contributed by atoms with E-state index in [-0.39, 0.29) is 25.9 Å². The van der Waals surface area contributed by atoms with Crippen molar-refractivity contribution in [2.24, 2.45) is 0 Å². The van der Waals surface area contributed by atoms with Crippen LogP contribution in [0.4, 0.5) is 0 Å². The molecule has 3 N–H and O–H groups in total. The third kappa shape index (κ3) is 35.4. The molecule has 0 aromatic heterocycles. The first-order valence-electron chi connectivity index (χ1n) is 26.2. The van der Waals surface area contributed by atoms with Crippen LogP contribution < -0.4 is 0 Å². The lowest BCUT2D eigenvalue weighted by Gasteiger charge is -2.40. The smallest absolute Gasteiger partial charge is 0.335 e. The number of carboxylic acid groups (broad SMARTS) is 1. The number of carbonyl (C=O) groups excluding carboxylic acids is 3. The minimum atomic E-state index is -1.92. The van der Waals surface area contributed by atoms with Crippen molar-refractivity contribution in [2.75, 3.05) is 13.2 Å². The maximum absolute atomic E-state index is 13.1. The van der Waals surface area contributed by atoms with Crippen LogP contribution in [0.5, 0.6) is 0 Å². The number of hydrogen-bond acceptors (Lipinski definition) is 11. The standard InChI is InChI=1S/C57H90O12/c1-4-7-10-13-16-19-22-25-28-31-34-37-40-43-49(58)65-46-48(67-50(59)44-41-38-35-32-29-26-23-20-17-14-11-8-5-2)47-66-57-55(53(62)52(61)54(69-57)56(63)64)68-51(60)45-42-39-36-33-30-27-24-21-18-15-12-9-6-3/h7,9-12,14,16,18-21,23,25,27-28,30,48,52-55,57,61-62H,4-6,8,13,15,17,22,24,26,29,31-47H2,1-3H3,(H,63,64)/b10-7-,12-9-,14-11-,19-16-,21-18-,23-20-,28-25-,30-27-. The lowest BCUT2D eigenvalue weighted by molar-refractivity contribution is -0.301. The van der Waals surface area contributed by atoms with Gasteiger partial charge in [-0.1, -0.05) is 157 Å². The lowest BCUT2D eigenvalue weighted by atomic mass is 9.98. The summed E-state index contributed by atoms with van der Waals surface area (Å²) >= 11 is 0. The average molecular weight is 967 g/mol. The van der Waals surface area contributed by atoms with Gasteiger partial charge in [0.15, 0.2) is 24.6 Å². The van der Waals surface area contributed by atoms with Crippen LogP contribution >= 0.6 is 0 Å². The van der Waals surface area contributed by atoms with Crippen LogP contribution in [0.3, 0.4) is 0 Å². The average Bonchev–Trinajstić information content (AvgIpc) is 3.33. The molecule has 0 aliphatic carbocycles. The van der Waals surface area contributed by atoms with Crippen molar-refractivity contribution in [3.05, 3.63) is 97.2 Å². The second-order valence-corrected chi connectivity index (χ2v) is 17.4. The van der Waals surface area contributed by atoms with Crippen LogP contribution in [0.1, 0.15) is 188 Å². The van der Waals surface area contributed by atoms with Gasteiger partial charge in [-0.05, 0) is 109 Å². The Kier molecular flexibility index (Phi) is 40.7. The number of aliphatic hydroxyl groups excluding tert-OH is 2. The Hall–Kier alpha value is -4.36. The monoisotopic (exact) mass is 967 g/mol. The van der Waals surface area contributed by atoms with E-state index in [4.69, 9.17) is 23.7 Å². The van der Waals surface area contributed by atoms with E-state index in [0.29, 0.717) is 19.3 Å². The molecule has 0 spiro atoms. The van der Waals surface area contributed by atoms with Gasteiger partial charge in [0, 0.05) is 19.3 Å². The highest BCUT2D eigenvalue weighted by atomic mass is 16.7. The Labute approximate surface area is 415 Å². The molecule has 0 aromatic rings. The molecule has 0 amide bonds. The largest absolute Gasteiger partial charge is 0.479 e. The fourth-order valence-corrected chi connectivity index (χ4v) is 7.14. The number of hydrogen-bond donors (Lipinski definition) is 3. The summed E-state index contributed by atoms with van der Waals surface area (Å²) in [5, 5.41) is 31.3. The SMILES string of the molecule is CC/C=C\C/C=C\C/C=C\CCCCCC(=O)OCC(COC1OC(C(=O)O)C(O)C(O)C1OC(=O)CCCCC/C=C\C/C=C\C/C=C\CC)OC(=O)CCCCCCC/C=C\C/C=C\CCC. The molecule has 0 bridgehead atoms. The van der Waals surface area contributed by atoms with Crippen molar-refractivity contribution in [3.63, 3.8) is 0 Å². The van der Waals surface area contributed by atoms with Gasteiger partial charge < -0.3 is 39.0 Å². The minimum Gasteiger partial charge on any atom is -0.479 e. The summed E-state index contributed by atoms with van der Waals surface area (Å²) in [6.45, 7) is 5.60. The molecule has 12 nitrogen and oxygen atoms in total. The number of esters is 3. The Morgan fingerprint density at radius 1 is 0.493 bits per heavy atom. The van der Waals surface area contributed by atoms with Crippen LogP contribution in [0.25, 0.3) is 0 Å². The van der Waals surface area contributed by atoms with Gasteiger partial charge in [-0.3, -0.25) is 14.4 Å². The molecule has 1 saturated heterocycles. The number of aliphatic hydroxyl groups is 2. The van der Waals surface area contributed by atoms with E-state index >= 15 is 0 Å². The summed E-state index contributed by atoms with van der Waals surface area (Å²) in [5.74, 6) is -3.24. The first-order valence-corrected chi connectivity index (χ1v) is 26.2. The number of ether oxygens (including phenoxy) is 5. The zero-order chi connectivity index (χ0) is 50.4. The van der Waals surface area contributed by atoms with E-state index in [1.54, 1.807) is 0 Å². The van der Waals surface area contributed by atoms with Crippen molar-refractivity contribution < 1.29 is 58.2 Å². The molecule has 12 heteroatoms. The quantitative estimate of drug-likeness (QED) is 0.0229. The molecule has 1 aliphatic heterocycles. The zero-order valence-electron chi connectivity index (χ0n) is 42.5. The van der Waals surface area contributed by atoms with Gasteiger partial charge in [0.2, 0.25) is 0 Å². The topological polar surface area (TPSA) is 175 Å². The van der Waals surface area contributed by atoms with Crippen molar-refractivity contribution >= 4 is 23.9 Å². The van der Waals surface area contributed by atoms with Crippen LogP contribution in [0, 0.1) is 0 Å². The van der Waals surface area contributed by atoms with Crippen molar-refractivity contribution in [1.29, 1.82) is 0 Å². The predicted molar refractivity (Wildman–Crippen MR) is 275 cm³/mol. The molecule has 6 atom stereocenters. The van der Waals surface area contributed by atoms with Crippen LogP contribution in [-0.4, -0.2) is 89.2 Å². The van der Waals surface area contributed by atoms with E-state index in [1.807, 2.05) is 0 Å². The van der Waals surface area contributed by atoms with E-state index < -0.39 is 67.3 Å². The van der Waals surface area contributed by atoms with Gasteiger partial charge >= 0.3 is 23.9 Å². The zero-order valence-corrected chi connectivity index (χ0v) is 42.5. The lowest BCUT2D eigenvalue weighted by Crippen LogP contribution is -2.61. The number of aliphatic carboxylic acids is 1. The third-order valence-electron chi connectivity index (χ3n) is 11.1. The van der Waals surface area contributed by atoms with Crippen LogP contribution in [0.2, 0.25) is 0 Å². The summed E-state index contributed by atoms with van der Waals surface area (Å²) in [4.78, 5) is 50.8. The summed E-state index contributed by atoms with van der Waals surface area (Å²) in [6.07, 6.45) is 45.4. The number of carbonyl (C=O) groups is 4. The number of carboxylic acids is 1. The third-order valence-corrected chi connectivity index (χ3v) is 11.1. The molecule has 1 fully saturated rings. The number of rotatable bonds is 42. The molecule has 1 rings (SSSR count). The van der Waals surface area contributed by atoms with E-state index in [0.717, 1.165) is 128 Å². The summed E-state index contributed by atoms with van der Waals surface area (Å²) in [6, 6.07) is 0. The molecule has 0 radical (unpaired) electrons. The molecule has 69 heavy (non-hydrogen) atoms. The molecular weight excluding hydrogens is 877 g/mol. The highest BCUT2D eigenvalue weighted by Gasteiger charge is 2.50. The minimum absolute atomic E-state index is 0.0160. The molecule has 0 aromatic carbocycles. The van der Waals surface area contributed by atoms with Crippen LogP contribution in [-0.2, 0) is 42.9 Å². The van der Waals surface area contributed by atoms with Crippen molar-refractivity contribution in [1.82, 2.24) is 0 Å². The summed E-state index contributed by atoms with van der Waals surface area (Å²) in [5.41, 5.74) is 0. The first kappa shape index (κ1) is 62.7. The normalized spacial score (nSPS) is 19.5. The van der Waals surface area contributed by atoms with Gasteiger partial charge in [0.05, 0.1) is 6.61 Å². The Morgan fingerprint density at radius 3 is 1.41 bits per heavy atom. The van der Waals surface area contributed by atoms with Crippen molar-refractivity contribution in [2.45, 2.75) is 225 Å². The van der Waals surface area contributed by atoms with Crippen molar-refractivity contribution in [3.8, 4) is 0 Å². The van der Waals surface area contributed by atoms with Gasteiger partial charge in [0.1, 0.15) is 18.8 Å². The number of unbranched alkanes of at least 4 members (excludes halogenated alkanes) is 12. The molecule has 1 aliphatic rings. The van der Waals surface area contributed by atoms with Gasteiger partial charge in [-0.15, -0.1) is 0 Å². The highest BCUT2D eigenvalue weighted by Crippen LogP contribution is 2.26. The summed E-state index contributed by atoms with van der Waals surface area (Å²) in [7, 11) is 0. The molecular formula is C57H90O12. The Balaban J connectivity index is 2.79. The Bertz CT molecular complexity index is 1570. The fraction of sp³-hybridized carbons (Fsp3) is 0.649. The fourth-order valence-electron chi connectivity index (χ4n) is 7.14. The van der Waals surface area contributed by atoms with Crippen LogP contribution in [0.15, 0.2) is 97.2 Å². The molecule has 6 unspecified atom stereocenters. The second-order valence-electron chi connectivity index (χ2n) is 17.4. The maximum atomic E-state index is 13.1. The Morgan fingerprint density at radius 2 is 0.913 bits per heavy atom. The van der Waals surface area contributed by atoms with Gasteiger partial charge in [0.25, 0.3) is 0 Å². The maximum Gasteiger partial charge on any atom is 0.335 e. The van der Waals surface area contributed by atoms with E-state index in [2.05, 4.69) is 118 Å². The van der Waals surface area contributed by atoms with Gasteiger partial charge in [-0.2, -0.15) is 0 Å². The van der Waals surface area contributed by atoms with E-state index in [1.165, 1.54) is 0 Å². The molecule has 0 saturated carbocycles. The first-order chi connectivity index (χ1) is 33.6. The summed E-state index contributed by atoms with van der Waals surface area (Å²) < 4.78 is 28.2. The highest BCUT2D eigenvalue weighted by molar-refractivity contribution is 5.74. The number of allylic oxidation sites excluding steroid dienone is 16. The predicted octanol–water partition coefficient (Wildman–Crippen LogP) is 12.6. The molecule has 1 heterocycles. The van der Waals surface area contributed by atoms with E-state index in [9.17, 15) is 34.5 Å². The second kappa shape index (κ2) is 44.8. The van der Waals surface area contributed by atoms with Gasteiger partial charge in [-0.25, -0.2) is 4.79 Å².